The number of halogens is 1. The molecule has 32 heavy (non-hydrogen) atoms. The van der Waals surface area contributed by atoms with Crippen LogP contribution in [-0.4, -0.2) is 22.6 Å². The molecule has 1 aliphatic heterocycles. The van der Waals surface area contributed by atoms with E-state index in [1.54, 1.807) is 7.11 Å². The van der Waals surface area contributed by atoms with Crippen molar-refractivity contribution < 1.29 is 26.5 Å². The van der Waals surface area contributed by atoms with Gasteiger partial charge in [-0.15, -0.1) is 11.3 Å². The number of fused-ring (bicyclic) bond motifs is 1. The molecule has 3 heterocycles. The first-order valence-electron chi connectivity index (χ1n) is 10.3. The Kier molecular flexibility index (Phi) is 6.58. The first-order valence-corrected chi connectivity index (χ1v) is 11.2. The minimum atomic E-state index is -0.0689. The van der Waals surface area contributed by atoms with Crippen molar-refractivity contribution in [1.82, 2.24) is 9.55 Å². The zero-order chi connectivity index (χ0) is 21.2. The average molecular weight is 467 g/mol. The van der Waals surface area contributed by atoms with Crippen LogP contribution < -0.4 is 27.0 Å². The van der Waals surface area contributed by atoms with Crippen molar-refractivity contribution in [2.45, 2.75) is 25.9 Å². The van der Waals surface area contributed by atoms with Gasteiger partial charge in [0.2, 0.25) is 0 Å². The molecule has 5 rings (SSSR count). The fourth-order valence-corrected chi connectivity index (χ4v) is 4.76. The summed E-state index contributed by atoms with van der Waals surface area (Å²) in [4.78, 5) is 17.3. The summed E-state index contributed by atoms with van der Waals surface area (Å²) in [7, 11) is 1.65. The highest BCUT2D eigenvalue weighted by Gasteiger charge is 2.29. The van der Waals surface area contributed by atoms with Crippen molar-refractivity contribution >= 4 is 22.4 Å². The second-order valence-electron chi connectivity index (χ2n) is 7.49. The molecular formula is C24H23ClN4O2S. The number of ether oxygens (including phenoxy) is 1. The summed E-state index contributed by atoms with van der Waals surface area (Å²) in [6.07, 6.45) is 4.18. The summed E-state index contributed by atoms with van der Waals surface area (Å²) in [5, 5.41) is 5.52. The molecule has 0 saturated heterocycles. The lowest BCUT2D eigenvalue weighted by atomic mass is 10.2. The van der Waals surface area contributed by atoms with E-state index < -0.39 is 0 Å². The maximum absolute atomic E-state index is 12.8. The summed E-state index contributed by atoms with van der Waals surface area (Å²) in [6, 6.07) is 18.1. The molecule has 0 radical (unpaired) electrons. The van der Waals surface area contributed by atoms with Gasteiger partial charge >= 0.3 is 0 Å². The summed E-state index contributed by atoms with van der Waals surface area (Å²) in [6.45, 7) is 1.27. The monoisotopic (exact) mass is 466 g/mol. The van der Waals surface area contributed by atoms with Gasteiger partial charge in [-0.2, -0.15) is 0 Å². The number of benzene rings is 2. The summed E-state index contributed by atoms with van der Waals surface area (Å²) < 4.78 is 9.60. The van der Waals surface area contributed by atoms with Crippen molar-refractivity contribution in [3.05, 3.63) is 72.0 Å². The Morgan fingerprint density at radius 1 is 1.16 bits per heavy atom. The van der Waals surface area contributed by atoms with Gasteiger partial charge in [-0.25, -0.2) is 14.1 Å². The normalized spacial score (nSPS) is 12.2. The third-order valence-corrected chi connectivity index (χ3v) is 6.27. The number of aromatic nitrogens is 3. The number of anilines is 1. The molecule has 0 atom stereocenters. The number of hydrogen-bond donors (Lipinski definition) is 1. The van der Waals surface area contributed by atoms with Crippen LogP contribution in [0.5, 0.6) is 5.75 Å². The Balaban J connectivity index is 0.00000245. The van der Waals surface area contributed by atoms with Crippen molar-refractivity contribution in [3.63, 3.8) is 0 Å². The molecule has 2 aromatic heterocycles. The molecule has 1 N–H and O–H groups in total. The largest absolute Gasteiger partial charge is 1.00 e. The quantitative estimate of drug-likeness (QED) is 0.434. The van der Waals surface area contributed by atoms with Crippen molar-refractivity contribution in [2.24, 2.45) is 0 Å². The van der Waals surface area contributed by atoms with Gasteiger partial charge in [0, 0.05) is 16.5 Å². The van der Waals surface area contributed by atoms with Gasteiger partial charge in [-0.3, -0.25) is 10.1 Å². The third-order valence-electron chi connectivity index (χ3n) is 5.51. The average Bonchev–Trinajstić information content (AvgIpc) is 3.53. The highest BCUT2D eigenvalue weighted by atomic mass is 35.5. The first-order chi connectivity index (χ1) is 15.2. The molecule has 6 nitrogen and oxygen atoms in total. The van der Waals surface area contributed by atoms with Crippen LogP contribution in [0.3, 0.4) is 0 Å². The number of rotatable bonds is 6. The van der Waals surface area contributed by atoms with Gasteiger partial charge < -0.3 is 17.1 Å². The summed E-state index contributed by atoms with van der Waals surface area (Å²) >= 11 is 1.43. The van der Waals surface area contributed by atoms with Crippen LogP contribution in [-0.2, 0) is 24.3 Å². The van der Waals surface area contributed by atoms with Crippen LogP contribution in [0.4, 0.5) is 5.13 Å². The van der Waals surface area contributed by atoms with Crippen molar-refractivity contribution in [3.8, 4) is 28.3 Å². The van der Waals surface area contributed by atoms with Crippen LogP contribution in [0.15, 0.2) is 66.2 Å². The molecule has 8 heteroatoms. The maximum Gasteiger partial charge on any atom is 0.268 e. The van der Waals surface area contributed by atoms with Gasteiger partial charge in [0.1, 0.15) is 11.9 Å². The minimum absolute atomic E-state index is 0. The lowest BCUT2D eigenvalue weighted by molar-refractivity contribution is -0.690. The highest BCUT2D eigenvalue weighted by Crippen LogP contribution is 2.27. The first kappa shape index (κ1) is 22.0. The van der Waals surface area contributed by atoms with E-state index in [2.05, 4.69) is 37.8 Å². The smallest absolute Gasteiger partial charge is 0.268 e. The Labute approximate surface area is 196 Å². The number of nitrogens with one attached hydrogen (secondary N) is 1. The van der Waals surface area contributed by atoms with Crippen LogP contribution >= 0.6 is 11.3 Å². The number of carbonyl (C=O) groups is 1. The lowest BCUT2D eigenvalue weighted by Crippen LogP contribution is -3.00. The molecule has 0 bridgehead atoms. The van der Waals surface area contributed by atoms with E-state index in [1.807, 2.05) is 47.8 Å². The van der Waals surface area contributed by atoms with Crippen LogP contribution in [0, 0.1) is 0 Å². The zero-order valence-electron chi connectivity index (χ0n) is 17.6. The summed E-state index contributed by atoms with van der Waals surface area (Å²) in [5.41, 5.74) is 4.17. The Hall–Kier alpha value is -3.16. The molecule has 0 saturated carbocycles. The second-order valence-corrected chi connectivity index (χ2v) is 8.35. The molecule has 0 spiro atoms. The molecule has 1 aliphatic rings. The van der Waals surface area contributed by atoms with Crippen LogP contribution in [0.2, 0.25) is 0 Å². The van der Waals surface area contributed by atoms with Crippen LogP contribution in [0.1, 0.15) is 12.2 Å². The van der Waals surface area contributed by atoms with E-state index in [4.69, 9.17) is 4.74 Å². The van der Waals surface area contributed by atoms with Gasteiger partial charge in [-0.05, 0) is 30.7 Å². The molecule has 2 aromatic carbocycles. The molecule has 0 fully saturated rings. The number of hydrogen-bond acceptors (Lipinski definition) is 4. The predicted octanol–water partition coefficient (Wildman–Crippen LogP) is 1.16. The SMILES string of the molecule is COc1ccc(-c2csc(NC(=O)C[n+]3cc(-c4ccccc4)n4c3CCC4)n2)cc1.[Cl-]. The van der Waals surface area contributed by atoms with Crippen molar-refractivity contribution in [2.75, 3.05) is 12.4 Å². The van der Waals surface area contributed by atoms with E-state index in [9.17, 15) is 4.79 Å². The van der Waals surface area contributed by atoms with Gasteiger partial charge in [0.25, 0.3) is 11.7 Å². The number of nitrogens with zero attached hydrogens (tertiary/aromatic N) is 3. The molecule has 4 aromatic rings. The topological polar surface area (TPSA) is 60.0 Å². The van der Waals surface area contributed by atoms with Crippen LogP contribution in [0.25, 0.3) is 22.5 Å². The Morgan fingerprint density at radius 3 is 2.69 bits per heavy atom. The van der Waals surface area contributed by atoms with Gasteiger partial charge in [-0.1, -0.05) is 30.3 Å². The number of thiazole rings is 1. The zero-order valence-corrected chi connectivity index (χ0v) is 19.2. The fourth-order valence-electron chi connectivity index (χ4n) is 4.02. The Bertz CT molecular complexity index is 1220. The number of carbonyl (C=O) groups excluding carboxylic acids is 1. The Morgan fingerprint density at radius 2 is 1.94 bits per heavy atom. The van der Waals surface area contributed by atoms with Crippen molar-refractivity contribution in [1.29, 1.82) is 0 Å². The molecule has 164 valence electrons. The van der Waals surface area contributed by atoms with E-state index in [0.29, 0.717) is 5.13 Å². The molecule has 0 aliphatic carbocycles. The fraction of sp³-hybridized carbons (Fsp3) is 0.208. The van der Waals surface area contributed by atoms with E-state index in [-0.39, 0.29) is 24.9 Å². The number of amides is 1. The molecular weight excluding hydrogens is 444 g/mol. The standard InChI is InChI=1S/C24H22N4O2S.ClH/c1-30-19-11-9-17(10-12-19)20-16-31-24(25-20)26-22(29)15-27-14-21(18-6-3-2-4-7-18)28-13-5-8-23(27)28;/h2-4,6-7,9-12,14,16H,5,8,13,15H2,1H3;1H. The number of methoxy groups -OCH3 is 1. The second kappa shape index (κ2) is 9.54. The summed E-state index contributed by atoms with van der Waals surface area (Å²) in [5.74, 6) is 1.94. The van der Waals surface area contributed by atoms with Gasteiger partial charge in [0.15, 0.2) is 17.4 Å². The highest BCUT2D eigenvalue weighted by molar-refractivity contribution is 7.14. The molecule has 1 amide bonds. The number of imidazole rings is 1. The van der Waals surface area contributed by atoms with E-state index in [1.165, 1.54) is 22.7 Å². The van der Waals surface area contributed by atoms with E-state index >= 15 is 0 Å². The molecule has 0 unspecified atom stereocenters. The maximum atomic E-state index is 12.8. The van der Waals surface area contributed by atoms with Gasteiger partial charge in [0.05, 0.1) is 25.8 Å². The lowest BCUT2D eigenvalue weighted by Gasteiger charge is -2.01. The van der Waals surface area contributed by atoms with E-state index in [0.717, 1.165) is 42.1 Å². The minimum Gasteiger partial charge on any atom is -1.00 e. The predicted molar refractivity (Wildman–Crippen MR) is 121 cm³/mol. The third kappa shape index (κ3) is 4.40.